The number of nitrogens with one attached hydrogen (secondary N) is 1. The van der Waals surface area contributed by atoms with Gasteiger partial charge in [-0.2, -0.15) is 0 Å². The van der Waals surface area contributed by atoms with Crippen molar-refractivity contribution in [1.29, 1.82) is 0 Å². The van der Waals surface area contributed by atoms with Crippen molar-refractivity contribution in [3.8, 4) is 5.75 Å². The molecule has 2 rings (SSSR count). The lowest BCUT2D eigenvalue weighted by atomic mass is 10.3. The number of carbonyl (C=O) groups is 1. The lowest BCUT2D eigenvalue weighted by Gasteiger charge is -2.08. The Kier molecular flexibility index (Phi) is 5.57. The topological polar surface area (TPSA) is 60.5 Å². The minimum absolute atomic E-state index is 0.0912. The Morgan fingerprint density at radius 3 is 2.62 bits per heavy atom. The maximum absolute atomic E-state index is 11.0. The van der Waals surface area contributed by atoms with Gasteiger partial charge in [0.05, 0.1) is 19.3 Å². The summed E-state index contributed by atoms with van der Waals surface area (Å²) in [5.74, 6) is 0.214. The zero-order chi connectivity index (χ0) is 15.1. The predicted molar refractivity (Wildman–Crippen MR) is 83.2 cm³/mol. The monoisotopic (exact) mass is 350 g/mol. The fraction of sp³-hybridized carbons (Fsp3) is 0.200. The zero-order valence-electron chi connectivity index (χ0n) is 11.5. The lowest BCUT2D eigenvalue weighted by molar-refractivity contribution is -0.142. The van der Waals surface area contributed by atoms with Crippen LogP contribution in [0, 0.1) is 0 Å². The molecule has 1 N–H and O–H groups in total. The number of pyridine rings is 1. The van der Waals surface area contributed by atoms with Gasteiger partial charge in [-0.3, -0.25) is 4.98 Å². The molecule has 1 heterocycles. The molecule has 0 saturated carbocycles. The van der Waals surface area contributed by atoms with Crippen LogP contribution in [0.25, 0.3) is 0 Å². The van der Waals surface area contributed by atoms with Gasteiger partial charge in [-0.1, -0.05) is 0 Å². The summed E-state index contributed by atoms with van der Waals surface area (Å²) in [5.41, 5.74) is 1.90. The standard InChI is InChI=1S/C15H15BrN2O3/c1-20-15(19)10-21-14-6-4-12(5-7-14)18-9-13-3-2-11(16)8-17-13/h2-8,18H,9-10H2,1H3. The zero-order valence-corrected chi connectivity index (χ0v) is 13.1. The highest BCUT2D eigenvalue weighted by molar-refractivity contribution is 9.10. The van der Waals surface area contributed by atoms with Crippen LogP contribution in [-0.4, -0.2) is 24.7 Å². The van der Waals surface area contributed by atoms with Crippen LogP contribution >= 0.6 is 15.9 Å². The third kappa shape index (κ3) is 5.07. The Hall–Kier alpha value is -2.08. The number of benzene rings is 1. The van der Waals surface area contributed by atoms with Crippen molar-refractivity contribution >= 4 is 27.6 Å². The summed E-state index contributed by atoms with van der Waals surface area (Å²) >= 11 is 3.35. The van der Waals surface area contributed by atoms with E-state index in [0.717, 1.165) is 15.9 Å². The van der Waals surface area contributed by atoms with E-state index < -0.39 is 5.97 Å². The summed E-state index contributed by atoms with van der Waals surface area (Å²) in [6.45, 7) is 0.543. The maximum atomic E-state index is 11.0. The fourth-order valence-corrected chi connectivity index (χ4v) is 1.81. The predicted octanol–water partition coefficient (Wildman–Crippen LogP) is 3.01. The second-order valence-corrected chi connectivity index (χ2v) is 5.13. The van der Waals surface area contributed by atoms with Crippen LogP contribution in [0.4, 0.5) is 5.69 Å². The first-order valence-electron chi connectivity index (χ1n) is 6.31. The molecule has 0 bridgehead atoms. The van der Waals surface area contributed by atoms with Crippen LogP contribution in [0.1, 0.15) is 5.69 Å². The van der Waals surface area contributed by atoms with E-state index in [-0.39, 0.29) is 6.61 Å². The molecule has 0 aliphatic carbocycles. The van der Waals surface area contributed by atoms with Gasteiger partial charge in [0.15, 0.2) is 6.61 Å². The van der Waals surface area contributed by atoms with Crippen LogP contribution in [0.15, 0.2) is 47.1 Å². The Bertz CT molecular complexity index is 585. The summed E-state index contributed by atoms with van der Waals surface area (Å²) in [4.78, 5) is 15.2. The third-order valence-corrected chi connectivity index (χ3v) is 3.17. The van der Waals surface area contributed by atoms with E-state index in [1.165, 1.54) is 7.11 Å². The van der Waals surface area contributed by atoms with Gasteiger partial charge in [0.25, 0.3) is 0 Å². The summed E-state index contributed by atoms with van der Waals surface area (Å²) in [6.07, 6.45) is 1.76. The quantitative estimate of drug-likeness (QED) is 0.811. The normalized spacial score (nSPS) is 10.0. The Morgan fingerprint density at radius 1 is 1.24 bits per heavy atom. The molecule has 0 radical (unpaired) electrons. The molecule has 1 aromatic carbocycles. The number of ether oxygens (including phenoxy) is 2. The van der Waals surface area contributed by atoms with Crippen molar-refractivity contribution in [2.45, 2.75) is 6.54 Å². The molecule has 110 valence electrons. The molecule has 21 heavy (non-hydrogen) atoms. The minimum atomic E-state index is -0.404. The second kappa shape index (κ2) is 7.64. The summed E-state index contributed by atoms with van der Waals surface area (Å²) in [5, 5.41) is 3.26. The Balaban J connectivity index is 1.84. The maximum Gasteiger partial charge on any atom is 0.343 e. The Labute approximate surface area is 131 Å². The van der Waals surface area contributed by atoms with Gasteiger partial charge in [0.1, 0.15) is 5.75 Å². The third-order valence-electron chi connectivity index (χ3n) is 2.70. The number of halogens is 1. The molecule has 0 fully saturated rings. The van der Waals surface area contributed by atoms with Gasteiger partial charge in [-0.05, 0) is 52.3 Å². The van der Waals surface area contributed by atoms with Crippen molar-refractivity contribution in [3.63, 3.8) is 0 Å². The number of nitrogens with zero attached hydrogens (tertiary/aromatic N) is 1. The van der Waals surface area contributed by atoms with Crippen molar-refractivity contribution in [2.75, 3.05) is 19.0 Å². The lowest BCUT2D eigenvalue weighted by Crippen LogP contribution is -2.12. The van der Waals surface area contributed by atoms with Crippen LogP contribution in [0.5, 0.6) is 5.75 Å². The highest BCUT2D eigenvalue weighted by atomic mass is 79.9. The van der Waals surface area contributed by atoms with Crippen molar-refractivity contribution in [1.82, 2.24) is 4.98 Å². The highest BCUT2D eigenvalue weighted by Crippen LogP contribution is 2.16. The SMILES string of the molecule is COC(=O)COc1ccc(NCc2ccc(Br)cn2)cc1. The molecule has 0 saturated heterocycles. The largest absolute Gasteiger partial charge is 0.482 e. The molecule has 2 aromatic rings. The number of esters is 1. The van der Waals surface area contributed by atoms with E-state index in [2.05, 4.69) is 31.0 Å². The molecule has 0 unspecified atom stereocenters. The van der Waals surface area contributed by atoms with Crippen LogP contribution in [0.3, 0.4) is 0 Å². The van der Waals surface area contributed by atoms with Gasteiger partial charge < -0.3 is 14.8 Å². The van der Waals surface area contributed by atoms with E-state index in [0.29, 0.717) is 12.3 Å². The molecular formula is C15H15BrN2O3. The number of anilines is 1. The number of aromatic nitrogens is 1. The average molecular weight is 351 g/mol. The number of hydrogen-bond donors (Lipinski definition) is 1. The van der Waals surface area contributed by atoms with Gasteiger partial charge in [0, 0.05) is 16.4 Å². The van der Waals surface area contributed by atoms with Gasteiger partial charge in [-0.25, -0.2) is 4.79 Å². The molecule has 1 aromatic heterocycles. The Morgan fingerprint density at radius 2 is 2.00 bits per heavy atom. The highest BCUT2D eigenvalue weighted by Gasteiger charge is 2.02. The fourth-order valence-electron chi connectivity index (χ4n) is 1.57. The number of carbonyl (C=O) groups excluding carboxylic acids is 1. The second-order valence-electron chi connectivity index (χ2n) is 4.21. The summed E-state index contributed by atoms with van der Waals surface area (Å²) in [7, 11) is 1.33. The van der Waals surface area contributed by atoms with Gasteiger partial charge >= 0.3 is 5.97 Å². The number of rotatable bonds is 6. The van der Waals surface area contributed by atoms with E-state index in [9.17, 15) is 4.79 Å². The average Bonchev–Trinajstić information content (AvgIpc) is 2.53. The molecular weight excluding hydrogens is 336 g/mol. The van der Waals surface area contributed by atoms with Crippen LogP contribution in [-0.2, 0) is 16.1 Å². The van der Waals surface area contributed by atoms with E-state index in [4.69, 9.17) is 4.74 Å². The van der Waals surface area contributed by atoms with Gasteiger partial charge in [0.2, 0.25) is 0 Å². The number of hydrogen-bond acceptors (Lipinski definition) is 5. The van der Waals surface area contributed by atoms with Crippen molar-refractivity contribution in [3.05, 3.63) is 52.8 Å². The first kappa shape index (κ1) is 15.3. The van der Waals surface area contributed by atoms with E-state index >= 15 is 0 Å². The minimum Gasteiger partial charge on any atom is -0.482 e. The van der Waals surface area contributed by atoms with Crippen molar-refractivity contribution in [2.24, 2.45) is 0 Å². The molecule has 0 spiro atoms. The molecule has 6 heteroatoms. The van der Waals surface area contributed by atoms with Gasteiger partial charge in [-0.15, -0.1) is 0 Å². The molecule has 5 nitrogen and oxygen atoms in total. The first-order valence-corrected chi connectivity index (χ1v) is 7.10. The molecule has 0 aliphatic rings. The molecule has 0 atom stereocenters. The van der Waals surface area contributed by atoms with E-state index in [1.54, 1.807) is 18.3 Å². The smallest absolute Gasteiger partial charge is 0.343 e. The van der Waals surface area contributed by atoms with Crippen LogP contribution < -0.4 is 10.1 Å². The van der Waals surface area contributed by atoms with E-state index in [1.807, 2.05) is 24.3 Å². The summed E-state index contributed by atoms with van der Waals surface area (Å²) < 4.78 is 10.7. The number of methoxy groups -OCH3 is 1. The summed E-state index contributed by atoms with van der Waals surface area (Å²) in [6, 6.07) is 11.2. The first-order chi connectivity index (χ1) is 10.2. The van der Waals surface area contributed by atoms with Crippen molar-refractivity contribution < 1.29 is 14.3 Å². The molecule has 0 amide bonds. The van der Waals surface area contributed by atoms with Crippen LogP contribution in [0.2, 0.25) is 0 Å². The molecule has 0 aliphatic heterocycles.